The molecule has 0 amide bonds. The van der Waals surface area contributed by atoms with E-state index in [1.54, 1.807) is 0 Å². The summed E-state index contributed by atoms with van der Waals surface area (Å²) in [6.07, 6.45) is 2.13. The highest BCUT2D eigenvalue weighted by atomic mass is 35.5. The highest BCUT2D eigenvalue weighted by Crippen LogP contribution is 2.37. The van der Waals surface area contributed by atoms with E-state index in [2.05, 4.69) is 41.4 Å². The van der Waals surface area contributed by atoms with Gasteiger partial charge in [-0.05, 0) is 55.4 Å². The second-order valence-electron chi connectivity index (χ2n) is 7.23. The molecule has 0 spiro atoms. The Balaban J connectivity index is 1.78. The molecule has 2 aromatic carbocycles. The van der Waals surface area contributed by atoms with Crippen molar-refractivity contribution in [3.8, 4) is 11.4 Å². The van der Waals surface area contributed by atoms with Crippen LogP contribution in [0.15, 0.2) is 64.8 Å². The molecule has 1 N–H and O–H groups in total. The minimum atomic E-state index is -0.157. The number of benzene rings is 2. The number of nitrogens with one attached hydrogen (secondary N) is 1. The molecule has 30 heavy (non-hydrogen) atoms. The van der Waals surface area contributed by atoms with E-state index < -0.39 is 0 Å². The first-order valence-corrected chi connectivity index (χ1v) is 10.8. The number of unbranched alkanes of at least 4 members (excludes halogenated alkanes) is 1. The van der Waals surface area contributed by atoms with Crippen LogP contribution >= 0.6 is 23.8 Å². The van der Waals surface area contributed by atoms with Gasteiger partial charge in [0.15, 0.2) is 5.11 Å². The second kappa shape index (κ2) is 8.98. The quantitative estimate of drug-likeness (QED) is 0.487. The summed E-state index contributed by atoms with van der Waals surface area (Å²) in [5.74, 6) is 1.02. The molecule has 1 aliphatic rings. The van der Waals surface area contributed by atoms with Crippen molar-refractivity contribution in [1.29, 1.82) is 0 Å². The molecule has 0 bridgehead atoms. The van der Waals surface area contributed by atoms with E-state index in [4.69, 9.17) is 33.3 Å². The average molecular weight is 439 g/mol. The average Bonchev–Trinajstić information content (AvgIpc) is 3.24. The highest BCUT2D eigenvalue weighted by Gasteiger charge is 2.33. The molecule has 5 nitrogen and oxygen atoms in total. The van der Waals surface area contributed by atoms with Gasteiger partial charge in [-0.15, -0.1) is 0 Å². The SMILES string of the molecule is CCCCN1C(=S)NC(c2ccccc2)C(c2nc(-c3ccc(Cl)cc3)no2)=C1C. The topological polar surface area (TPSA) is 54.2 Å². The van der Waals surface area contributed by atoms with Crippen molar-refractivity contribution in [2.45, 2.75) is 32.7 Å². The molecule has 0 fully saturated rings. The predicted octanol–water partition coefficient (Wildman–Crippen LogP) is 5.85. The summed E-state index contributed by atoms with van der Waals surface area (Å²) in [4.78, 5) is 6.84. The number of halogens is 1. The Kier molecular flexibility index (Phi) is 6.16. The number of thiocarbonyl (C=S) groups is 1. The third-order valence-electron chi connectivity index (χ3n) is 5.22. The normalized spacial score (nSPS) is 16.7. The summed E-state index contributed by atoms with van der Waals surface area (Å²) in [5.41, 5.74) is 3.92. The fraction of sp³-hybridized carbons (Fsp3) is 0.261. The monoisotopic (exact) mass is 438 g/mol. The van der Waals surface area contributed by atoms with Gasteiger partial charge in [0.2, 0.25) is 5.82 Å². The van der Waals surface area contributed by atoms with Crippen molar-refractivity contribution in [3.05, 3.63) is 76.8 Å². The lowest BCUT2D eigenvalue weighted by molar-refractivity contribution is 0.395. The zero-order valence-electron chi connectivity index (χ0n) is 16.9. The molecule has 7 heteroatoms. The molecule has 4 rings (SSSR count). The molecule has 1 aromatic heterocycles. The van der Waals surface area contributed by atoms with Crippen molar-refractivity contribution in [2.24, 2.45) is 0 Å². The number of allylic oxidation sites excluding steroid dienone is 1. The van der Waals surface area contributed by atoms with Crippen LogP contribution in [0.4, 0.5) is 0 Å². The smallest absolute Gasteiger partial charge is 0.258 e. The maximum atomic E-state index is 6.01. The van der Waals surface area contributed by atoms with Gasteiger partial charge in [0.25, 0.3) is 5.89 Å². The van der Waals surface area contributed by atoms with Crippen LogP contribution in [0.3, 0.4) is 0 Å². The maximum Gasteiger partial charge on any atom is 0.258 e. The molecular weight excluding hydrogens is 416 g/mol. The third-order valence-corrected chi connectivity index (χ3v) is 5.81. The lowest BCUT2D eigenvalue weighted by Crippen LogP contribution is -2.46. The van der Waals surface area contributed by atoms with Crippen LogP contribution in [0.1, 0.15) is 44.2 Å². The third kappa shape index (κ3) is 4.11. The van der Waals surface area contributed by atoms with E-state index in [1.807, 2.05) is 42.5 Å². The second-order valence-corrected chi connectivity index (χ2v) is 8.05. The number of hydrogen-bond donors (Lipinski definition) is 1. The lowest BCUT2D eigenvalue weighted by Gasteiger charge is -2.37. The molecule has 0 saturated carbocycles. The van der Waals surface area contributed by atoms with Crippen molar-refractivity contribution in [1.82, 2.24) is 20.4 Å². The van der Waals surface area contributed by atoms with Crippen molar-refractivity contribution in [2.75, 3.05) is 6.54 Å². The van der Waals surface area contributed by atoms with Crippen LogP contribution in [0.2, 0.25) is 5.02 Å². The molecule has 0 radical (unpaired) electrons. The summed E-state index contributed by atoms with van der Waals surface area (Å²) in [6.45, 7) is 5.08. The summed E-state index contributed by atoms with van der Waals surface area (Å²) < 4.78 is 5.74. The van der Waals surface area contributed by atoms with Gasteiger partial charge in [-0.2, -0.15) is 4.98 Å². The lowest BCUT2D eigenvalue weighted by atomic mass is 9.95. The van der Waals surface area contributed by atoms with Crippen LogP contribution in [0.5, 0.6) is 0 Å². The van der Waals surface area contributed by atoms with E-state index in [0.29, 0.717) is 16.7 Å². The minimum Gasteiger partial charge on any atom is -0.351 e. The largest absolute Gasteiger partial charge is 0.351 e. The number of nitrogens with zero attached hydrogens (tertiary/aromatic N) is 3. The Morgan fingerprint density at radius 3 is 2.57 bits per heavy atom. The molecule has 1 aliphatic heterocycles. The van der Waals surface area contributed by atoms with Gasteiger partial charge in [0.1, 0.15) is 0 Å². The first kappa shape index (κ1) is 20.6. The minimum absolute atomic E-state index is 0.157. The first-order valence-electron chi connectivity index (χ1n) is 10.0. The van der Waals surface area contributed by atoms with E-state index in [1.165, 1.54) is 0 Å². The van der Waals surface area contributed by atoms with Crippen molar-refractivity contribution < 1.29 is 4.52 Å². The van der Waals surface area contributed by atoms with E-state index >= 15 is 0 Å². The molecule has 3 aromatic rings. The first-order chi connectivity index (χ1) is 14.6. The van der Waals surface area contributed by atoms with Crippen LogP contribution in [0.25, 0.3) is 17.0 Å². The van der Waals surface area contributed by atoms with Gasteiger partial charge in [-0.25, -0.2) is 0 Å². The standard InChI is InChI=1S/C23H23ClN4OS/c1-3-4-14-28-15(2)19(20(25-23(28)30)16-8-6-5-7-9-16)22-26-21(27-29-22)17-10-12-18(24)13-11-17/h5-13,20H,3-4,14H2,1-2H3,(H,25,30). The van der Waals surface area contributed by atoms with Crippen LogP contribution in [0, 0.1) is 0 Å². The summed E-state index contributed by atoms with van der Waals surface area (Å²) in [6, 6.07) is 17.4. The van der Waals surface area contributed by atoms with Gasteiger partial charge >= 0.3 is 0 Å². The maximum absolute atomic E-state index is 6.01. The Bertz CT molecular complexity index is 1060. The molecular formula is C23H23ClN4OS. The molecule has 0 aliphatic carbocycles. The number of aromatic nitrogens is 2. The molecule has 1 atom stereocenters. The van der Waals surface area contributed by atoms with Gasteiger partial charge in [0.05, 0.1) is 11.6 Å². The molecule has 1 unspecified atom stereocenters. The Hall–Kier alpha value is -2.70. The van der Waals surface area contributed by atoms with Crippen molar-refractivity contribution in [3.63, 3.8) is 0 Å². The fourth-order valence-corrected chi connectivity index (χ4v) is 4.06. The zero-order valence-corrected chi connectivity index (χ0v) is 18.5. The van der Waals surface area contributed by atoms with Gasteiger partial charge in [0, 0.05) is 22.8 Å². The van der Waals surface area contributed by atoms with Gasteiger partial charge in [-0.3, -0.25) is 0 Å². The van der Waals surface area contributed by atoms with Crippen LogP contribution in [-0.4, -0.2) is 26.7 Å². The highest BCUT2D eigenvalue weighted by molar-refractivity contribution is 7.80. The molecule has 0 saturated heterocycles. The fourth-order valence-electron chi connectivity index (χ4n) is 3.59. The van der Waals surface area contributed by atoms with E-state index in [9.17, 15) is 0 Å². The molecule has 154 valence electrons. The summed E-state index contributed by atoms with van der Waals surface area (Å²) in [7, 11) is 0. The molecule has 2 heterocycles. The zero-order chi connectivity index (χ0) is 21.1. The summed E-state index contributed by atoms with van der Waals surface area (Å²) in [5, 5.41) is 9.09. The van der Waals surface area contributed by atoms with Crippen LogP contribution in [-0.2, 0) is 0 Å². The van der Waals surface area contributed by atoms with Crippen molar-refractivity contribution >= 4 is 34.5 Å². The van der Waals surface area contributed by atoms with Gasteiger partial charge < -0.3 is 14.7 Å². The Labute approximate surface area is 186 Å². The Morgan fingerprint density at radius 1 is 1.13 bits per heavy atom. The summed E-state index contributed by atoms with van der Waals surface area (Å²) >= 11 is 11.7. The van der Waals surface area contributed by atoms with Crippen LogP contribution < -0.4 is 5.32 Å². The predicted molar refractivity (Wildman–Crippen MR) is 124 cm³/mol. The van der Waals surface area contributed by atoms with E-state index in [0.717, 1.165) is 46.9 Å². The number of rotatable bonds is 6. The number of hydrogen-bond acceptors (Lipinski definition) is 4. The Morgan fingerprint density at radius 2 is 1.87 bits per heavy atom. The van der Waals surface area contributed by atoms with Gasteiger partial charge in [-0.1, -0.05) is 60.4 Å². The van der Waals surface area contributed by atoms with E-state index in [-0.39, 0.29) is 6.04 Å².